The summed E-state index contributed by atoms with van der Waals surface area (Å²) in [7, 11) is 0. The number of hydrogen-bond acceptors (Lipinski definition) is 3. The van der Waals surface area contributed by atoms with Gasteiger partial charge in [0.2, 0.25) is 0 Å². The standard InChI is InChI=1S/C10H17N3O/c14-5-3-9-6-12-13(8-9)10-2-1-4-11-7-10/h6,8,10-11,14H,1-5,7H2. The van der Waals surface area contributed by atoms with E-state index in [1.807, 2.05) is 17.1 Å². The van der Waals surface area contributed by atoms with Crippen LogP contribution in [-0.2, 0) is 6.42 Å². The monoisotopic (exact) mass is 195 g/mol. The SMILES string of the molecule is OCCc1cnn(C2CCCNC2)c1. The molecule has 1 unspecified atom stereocenters. The van der Waals surface area contributed by atoms with E-state index in [4.69, 9.17) is 5.11 Å². The van der Waals surface area contributed by atoms with E-state index in [2.05, 4.69) is 10.4 Å². The fourth-order valence-corrected chi connectivity index (χ4v) is 1.89. The van der Waals surface area contributed by atoms with E-state index in [1.54, 1.807) is 0 Å². The predicted molar refractivity (Wildman–Crippen MR) is 54.2 cm³/mol. The maximum Gasteiger partial charge on any atom is 0.0644 e. The van der Waals surface area contributed by atoms with Crippen molar-refractivity contribution in [3.05, 3.63) is 18.0 Å². The molecule has 1 aliphatic rings. The average Bonchev–Trinajstić information content (AvgIpc) is 2.68. The average molecular weight is 195 g/mol. The van der Waals surface area contributed by atoms with Crippen molar-refractivity contribution in [2.24, 2.45) is 0 Å². The van der Waals surface area contributed by atoms with Gasteiger partial charge in [-0.3, -0.25) is 4.68 Å². The van der Waals surface area contributed by atoms with E-state index in [0.29, 0.717) is 12.5 Å². The molecule has 2 N–H and O–H groups in total. The van der Waals surface area contributed by atoms with Crippen molar-refractivity contribution in [1.82, 2.24) is 15.1 Å². The molecule has 1 atom stereocenters. The first-order valence-corrected chi connectivity index (χ1v) is 5.25. The molecule has 4 heteroatoms. The Morgan fingerprint density at radius 2 is 2.57 bits per heavy atom. The Kier molecular flexibility index (Phi) is 3.16. The number of nitrogens with zero attached hydrogens (tertiary/aromatic N) is 2. The summed E-state index contributed by atoms with van der Waals surface area (Å²) in [6, 6.07) is 0.496. The van der Waals surface area contributed by atoms with E-state index >= 15 is 0 Å². The minimum Gasteiger partial charge on any atom is -0.396 e. The zero-order valence-corrected chi connectivity index (χ0v) is 8.32. The third-order valence-electron chi connectivity index (χ3n) is 2.70. The number of aromatic nitrogens is 2. The van der Waals surface area contributed by atoms with Gasteiger partial charge in [0, 0.05) is 19.3 Å². The summed E-state index contributed by atoms with van der Waals surface area (Å²) < 4.78 is 2.02. The lowest BCUT2D eigenvalue weighted by molar-refractivity contribution is 0.299. The normalized spacial score (nSPS) is 22.5. The van der Waals surface area contributed by atoms with E-state index in [-0.39, 0.29) is 6.61 Å². The summed E-state index contributed by atoms with van der Waals surface area (Å²) in [6.07, 6.45) is 7.03. The molecule has 1 aromatic rings. The molecule has 2 rings (SSSR count). The highest BCUT2D eigenvalue weighted by Gasteiger charge is 2.15. The second-order valence-corrected chi connectivity index (χ2v) is 3.80. The highest BCUT2D eigenvalue weighted by Crippen LogP contribution is 2.15. The van der Waals surface area contributed by atoms with Gasteiger partial charge in [-0.1, -0.05) is 0 Å². The zero-order valence-electron chi connectivity index (χ0n) is 8.32. The Morgan fingerprint density at radius 1 is 1.64 bits per heavy atom. The van der Waals surface area contributed by atoms with Gasteiger partial charge in [-0.15, -0.1) is 0 Å². The summed E-state index contributed by atoms with van der Waals surface area (Å²) in [5.74, 6) is 0. The highest BCUT2D eigenvalue weighted by atomic mass is 16.2. The number of piperidine rings is 1. The van der Waals surface area contributed by atoms with Crippen LogP contribution in [0.3, 0.4) is 0 Å². The minimum absolute atomic E-state index is 0.203. The maximum absolute atomic E-state index is 8.79. The lowest BCUT2D eigenvalue weighted by Gasteiger charge is -2.22. The van der Waals surface area contributed by atoms with Gasteiger partial charge in [-0.05, 0) is 31.4 Å². The molecule has 0 bridgehead atoms. The third-order valence-corrected chi connectivity index (χ3v) is 2.70. The molecule has 0 amide bonds. The first-order valence-electron chi connectivity index (χ1n) is 5.25. The lowest BCUT2D eigenvalue weighted by Crippen LogP contribution is -2.31. The molecule has 0 spiro atoms. The van der Waals surface area contributed by atoms with Crippen LogP contribution in [0.5, 0.6) is 0 Å². The molecule has 78 valence electrons. The molecule has 0 aromatic carbocycles. The van der Waals surface area contributed by atoms with Crippen molar-refractivity contribution < 1.29 is 5.11 Å². The second-order valence-electron chi connectivity index (χ2n) is 3.80. The number of aliphatic hydroxyl groups excluding tert-OH is 1. The Bertz CT molecular complexity index is 279. The Labute approximate surface area is 83.9 Å². The van der Waals surface area contributed by atoms with E-state index in [9.17, 15) is 0 Å². The maximum atomic E-state index is 8.79. The topological polar surface area (TPSA) is 50.1 Å². The molecule has 1 saturated heterocycles. The number of rotatable bonds is 3. The molecule has 2 heterocycles. The van der Waals surface area contributed by atoms with E-state index < -0.39 is 0 Å². The molecular weight excluding hydrogens is 178 g/mol. The fraction of sp³-hybridized carbons (Fsp3) is 0.700. The van der Waals surface area contributed by atoms with Crippen molar-refractivity contribution in [3.63, 3.8) is 0 Å². The number of hydrogen-bond donors (Lipinski definition) is 2. The van der Waals surface area contributed by atoms with Gasteiger partial charge in [0.25, 0.3) is 0 Å². The van der Waals surface area contributed by atoms with Crippen LogP contribution in [0, 0.1) is 0 Å². The van der Waals surface area contributed by atoms with Crippen LogP contribution in [0.4, 0.5) is 0 Å². The summed E-state index contributed by atoms with van der Waals surface area (Å²) >= 11 is 0. The molecule has 4 nitrogen and oxygen atoms in total. The Balaban J connectivity index is 2.00. The Hall–Kier alpha value is -0.870. The molecule has 1 aliphatic heterocycles. The van der Waals surface area contributed by atoms with Gasteiger partial charge in [-0.25, -0.2) is 0 Å². The van der Waals surface area contributed by atoms with Crippen molar-refractivity contribution in [2.45, 2.75) is 25.3 Å². The van der Waals surface area contributed by atoms with Crippen LogP contribution >= 0.6 is 0 Å². The molecule has 14 heavy (non-hydrogen) atoms. The van der Waals surface area contributed by atoms with Crippen molar-refractivity contribution in [1.29, 1.82) is 0 Å². The van der Waals surface area contributed by atoms with Crippen LogP contribution in [0.15, 0.2) is 12.4 Å². The first kappa shape index (κ1) is 9.68. The summed E-state index contributed by atoms with van der Waals surface area (Å²) in [6.45, 7) is 2.34. The minimum atomic E-state index is 0.203. The van der Waals surface area contributed by atoms with Crippen LogP contribution in [0.25, 0.3) is 0 Å². The zero-order chi connectivity index (χ0) is 9.80. The van der Waals surface area contributed by atoms with Crippen LogP contribution in [-0.4, -0.2) is 34.6 Å². The predicted octanol–water partition coefficient (Wildman–Crippen LogP) is 0.342. The number of nitrogens with one attached hydrogen (secondary N) is 1. The van der Waals surface area contributed by atoms with E-state index in [1.165, 1.54) is 12.8 Å². The summed E-state index contributed by atoms with van der Waals surface area (Å²) in [5.41, 5.74) is 1.12. The van der Waals surface area contributed by atoms with Crippen molar-refractivity contribution in [2.75, 3.05) is 19.7 Å². The lowest BCUT2D eigenvalue weighted by atomic mass is 10.1. The molecule has 1 fully saturated rings. The third kappa shape index (κ3) is 2.13. The molecule has 0 radical (unpaired) electrons. The van der Waals surface area contributed by atoms with Gasteiger partial charge in [0.1, 0.15) is 0 Å². The second kappa shape index (κ2) is 4.57. The largest absolute Gasteiger partial charge is 0.396 e. The molecular formula is C10H17N3O. The van der Waals surface area contributed by atoms with Crippen LogP contribution in [0.2, 0.25) is 0 Å². The molecule has 0 saturated carbocycles. The van der Waals surface area contributed by atoms with Gasteiger partial charge < -0.3 is 10.4 Å². The number of aliphatic hydroxyl groups is 1. The Morgan fingerprint density at radius 3 is 3.29 bits per heavy atom. The van der Waals surface area contributed by atoms with Gasteiger partial charge in [0.05, 0.1) is 12.2 Å². The summed E-state index contributed by atoms with van der Waals surface area (Å²) in [5, 5.41) is 16.5. The van der Waals surface area contributed by atoms with Crippen LogP contribution < -0.4 is 5.32 Å². The van der Waals surface area contributed by atoms with E-state index in [0.717, 1.165) is 18.7 Å². The van der Waals surface area contributed by atoms with Crippen molar-refractivity contribution in [3.8, 4) is 0 Å². The van der Waals surface area contributed by atoms with Gasteiger partial charge in [0.15, 0.2) is 0 Å². The summed E-state index contributed by atoms with van der Waals surface area (Å²) in [4.78, 5) is 0. The highest BCUT2D eigenvalue weighted by molar-refractivity contribution is 5.04. The van der Waals surface area contributed by atoms with Gasteiger partial charge in [-0.2, -0.15) is 5.10 Å². The molecule has 1 aromatic heterocycles. The molecule has 0 aliphatic carbocycles. The quantitative estimate of drug-likeness (QED) is 0.731. The van der Waals surface area contributed by atoms with Gasteiger partial charge >= 0.3 is 0 Å². The fourth-order valence-electron chi connectivity index (χ4n) is 1.89. The first-order chi connectivity index (χ1) is 6.90. The smallest absolute Gasteiger partial charge is 0.0644 e. The van der Waals surface area contributed by atoms with Crippen molar-refractivity contribution >= 4 is 0 Å². The van der Waals surface area contributed by atoms with Crippen LogP contribution in [0.1, 0.15) is 24.4 Å².